The topological polar surface area (TPSA) is 78.4 Å². The Labute approximate surface area is 92.4 Å². The lowest BCUT2D eigenvalue weighted by molar-refractivity contribution is 0.216. The highest BCUT2D eigenvalue weighted by molar-refractivity contribution is 7.87. The Balaban J connectivity index is 4.14. The highest BCUT2D eigenvalue weighted by atomic mass is 32.2. The smallest absolute Gasteiger partial charge is 0.277 e. The van der Waals surface area contributed by atoms with Gasteiger partial charge < -0.3 is 5.11 Å². The van der Waals surface area contributed by atoms with E-state index in [2.05, 4.69) is 9.44 Å². The standard InChI is InChI=1S/C9H22N2O3S/c1-7(2)5-10-15(13,14)11-9(4)8(3)6-12/h7-12H,5-6H2,1-4H3. The van der Waals surface area contributed by atoms with Crippen molar-refractivity contribution in [2.75, 3.05) is 13.2 Å². The van der Waals surface area contributed by atoms with Crippen LogP contribution in [0.4, 0.5) is 0 Å². The monoisotopic (exact) mass is 238 g/mol. The molecule has 0 saturated carbocycles. The van der Waals surface area contributed by atoms with E-state index in [-0.39, 0.29) is 24.5 Å². The normalized spacial score (nSPS) is 16.7. The van der Waals surface area contributed by atoms with Gasteiger partial charge in [-0.25, -0.2) is 4.72 Å². The van der Waals surface area contributed by atoms with E-state index in [0.717, 1.165) is 0 Å². The van der Waals surface area contributed by atoms with Crippen LogP contribution in [0.15, 0.2) is 0 Å². The van der Waals surface area contributed by atoms with Crippen molar-refractivity contribution < 1.29 is 13.5 Å². The Morgan fingerprint density at radius 1 is 1.20 bits per heavy atom. The highest BCUT2D eigenvalue weighted by Gasteiger charge is 2.18. The van der Waals surface area contributed by atoms with E-state index < -0.39 is 10.2 Å². The summed E-state index contributed by atoms with van der Waals surface area (Å²) in [6.45, 7) is 7.76. The Hall–Kier alpha value is -0.170. The first-order valence-electron chi connectivity index (χ1n) is 5.16. The lowest BCUT2D eigenvalue weighted by Crippen LogP contribution is -2.45. The number of aliphatic hydroxyl groups is 1. The molecule has 2 atom stereocenters. The number of hydrogen-bond acceptors (Lipinski definition) is 3. The fourth-order valence-corrected chi connectivity index (χ4v) is 2.19. The van der Waals surface area contributed by atoms with E-state index in [1.165, 1.54) is 0 Å². The first-order valence-corrected chi connectivity index (χ1v) is 6.64. The Kier molecular flexibility index (Phi) is 6.35. The van der Waals surface area contributed by atoms with Crippen LogP contribution >= 0.6 is 0 Å². The molecule has 0 aromatic carbocycles. The zero-order chi connectivity index (χ0) is 12.1. The molecule has 0 rings (SSSR count). The summed E-state index contributed by atoms with van der Waals surface area (Å²) >= 11 is 0. The molecule has 0 aromatic rings. The van der Waals surface area contributed by atoms with Gasteiger partial charge >= 0.3 is 0 Å². The Morgan fingerprint density at radius 3 is 2.13 bits per heavy atom. The molecule has 0 aliphatic carbocycles. The molecule has 0 aromatic heterocycles. The average Bonchev–Trinajstić information content (AvgIpc) is 2.13. The summed E-state index contributed by atoms with van der Waals surface area (Å²) in [6, 6.07) is -0.278. The van der Waals surface area contributed by atoms with Crippen LogP contribution in [0.25, 0.3) is 0 Å². The summed E-state index contributed by atoms with van der Waals surface area (Å²) in [5.74, 6) is 0.174. The lowest BCUT2D eigenvalue weighted by Gasteiger charge is -2.19. The van der Waals surface area contributed by atoms with Crippen LogP contribution in [-0.2, 0) is 10.2 Å². The predicted octanol–water partition coefficient (Wildman–Crippen LogP) is 0.0833. The number of rotatable bonds is 7. The molecular weight excluding hydrogens is 216 g/mol. The van der Waals surface area contributed by atoms with E-state index in [0.29, 0.717) is 6.54 Å². The molecule has 0 radical (unpaired) electrons. The molecule has 0 spiro atoms. The maximum absolute atomic E-state index is 11.5. The van der Waals surface area contributed by atoms with Gasteiger partial charge in [0.05, 0.1) is 0 Å². The first kappa shape index (κ1) is 14.8. The second-order valence-corrected chi connectivity index (χ2v) is 5.84. The van der Waals surface area contributed by atoms with Gasteiger partial charge in [0.1, 0.15) is 0 Å². The van der Waals surface area contributed by atoms with Crippen LogP contribution in [0.1, 0.15) is 27.7 Å². The molecule has 6 heteroatoms. The largest absolute Gasteiger partial charge is 0.396 e. The minimum Gasteiger partial charge on any atom is -0.396 e. The van der Waals surface area contributed by atoms with E-state index in [4.69, 9.17) is 5.11 Å². The van der Waals surface area contributed by atoms with Crippen molar-refractivity contribution in [3.05, 3.63) is 0 Å². The third kappa shape index (κ3) is 6.83. The average molecular weight is 238 g/mol. The summed E-state index contributed by atoms with van der Waals surface area (Å²) in [4.78, 5) is 0. The van der Waals surface area contributed by atoms with Gasteiger partial charge in [-0.3, -0.25) is 0 Å². The third-order valence-corrected chi connectivity index (χ3v) is 3.39. The fraction of sp³-hybridized carbons (Fsp3) is 1.00. The number of hydrogen-bond donors (Lipinski definition) is 3. The molecule has 5 nitrogen and oxygen atoms in total. The van der Waals surface area contributed by atoms with Crippen molar-refractivity contribution in [3.63, 3.8) is 0 Å². The summed E-state index contributed by atoms with van der Waals surface area (Å²) in [6.07, 6.45) is 0. The van der Waals surface area contributed by atoms with Gasteiger partial charge in [0.25, 0.3) is 10.2 Å². The SMILES string of the molecule is CC(C)CNS(=O)(=O)NC(C)C(C)CO. The van der Waals surface area contributed by atoms with Crippen molar-refractivity contribution in [2.45, 2.75) is 33.7 Å². The van der Waals surface area contributed by atoms with Crippen LogP contribution < -0.4 is 9.44 Å². The maximum Gasteiger partial charge on any atom is 0.277 e. The summed E-state index contributed by atoms with van der Waals surface area (Å²) < 4.78 is 27.8. The van der Waals surface area contributed by atoms with E-state index in [9.17, 15) is 8.42 Å². The van der Waals surface area contributed by atoms with Gasteiger partial charge in [0.15, 0.2) is 0 Å². The quantitative estimate of drug-likeness (QED) is 0.588. The molecule has 0 bridgehead atoms. The Morgan fingerprint density at radius 2 is 1.73 bits per heavy atom. The molecule has 0 aliphatic rings. The second kappa shape index (κ2) is 6.42. The van der Waals surface area contributed by atoms with Crippen molar-refractivity contribution in [2.24, 2.45) is 11.8 Å². The third-order valence-electron chi connectivity index (χ3n) is 2.16. The van der Waals surface area contributed by atoms with Crippen LogP contribution in [0.3, 0.4) is 0 Å². The molecule has 0 fully saturated rings. The molecule has 0 saturated heterocycles. The van der Waals surface area contributed by atoms with Crippen molar-refractivity contribution in [3.8, 4) is 0 Å². The molecule has 2 unspecified atom stereocenters. The van der Waals surface area contributed by atoms with Gasteiger partial charge in [-0.1, -0.05) is 20.8 Å². The zero-order valence-corrected chi connectivity index (χ0v) is 10.6. The van der Waals surface area contributed by atoms with Crippen molar-refractivity contribution in [1.29, 1.82) is 0 Å². The summed E-state index contributed by atoms with van der Waals surface area (Å²) in [7, 11) is -3.44. The summed E-state index contributed by atoms with van der Waals surface area (Å²) in [5.41, 5.74) is 0. The zero-order valence-electron chi connectivity index (χ0n) is 9.82. The van der Waals surface area contributed by atoms with Crippen LogP contribution in [0.5, 0.6) is 0 Å². The van der Waals surface area contributed by atoms with E-state index >= 15 is 0 Å². The van der Waals surface area contributed by atoms with Gasteiger partial charge in [0, 0.05) is 19.2 Å². The maximum atomic E-state index is 11.5. The van der Waals surface area contributed by atoms with Gasteiger partial charge in [-0.15, -0.1) is 0 Å². The van der Waals surface area contributed by atoms with Crippen LogP contribution in [0.2, 0.25) is 0 Å². The minimum atomic E-state index is -3.44. The van der Waals surface area contributed by atoms with Gasteiger partial charge in [-0.2, -0.15) is 13.1 Å². The second-order valence-electron chi connectivity index (χ2n) is 4.31. The molecule has 3 N–H and O–H groups in total. The minimum absolute atomic E-state index is 0.0339. The van der Waals surface area contributed by atoms with E-state index in [1.54, 1.807) is 13.8 Å². The molecule has 0 heterocycles. The van der Waals surface area contributed by atoms with Crippen LogP contribution in [0, 0.1) is 11.8 Å². The van der Waals surface area contributed by atoms with Gasteiger partial charge in [0.2, 0.25) is 0 Å². The first-order chi connectivity index (χ1) is 6.78. The van der Waals surface area contributed by atoms with Crippen molar-refractivity contribution in [1.82, 2.24) is 9.44 Å². The molecule has 0 amide bonds. The highest BCUT2D eigenvalue weighted by Crippen LogP contribution is 2.01. The number of nitrogens with one attached hydrogen (secondary N) is 2. The molecule has 15 heavy (non-hydrogen) atoms. The van der Waals surface area contributed by atoms with Crippen LogP contribution in [-0.4, -0.2) is 32.7 Å². The van der Waals surface area contributed by atoms with E-state index in [1.807, 2.05) is 13.8 Å². The number of aliphatic hydroxyl groups excluding tert-OH is 1. The molecule has 92 valence electrons. The Bertz CT molecular complexity index is 265. The van der Waals surface area contributed by atoms with Crippen molar-refractivity contribution >= 4 is 10.2 Å². The molecule has 0 aliphatic heterocycles. The predicted molar refractivity (Wildman–Crippen MR) is 60.6 cm³/mol. The fourth-order valence-electron chi connectivity index (χ4n) is 0.837. The molecular formula is C9H22N2O3S. The van der Waals surface area contributed by atoms with Gasteiger partial charge in [-0.05, 0) is 18.8 Å². The summed E-state index contributed by atoms with van der Waals surface area (Å²) in [5, 5.41) is 8.86. The lowest BCUT2D eigenvalue weighted by atomic mass is 10.1.